The van der Waals surface area contributed by atoms with Gasteiger partial charge >= 0.3 is 0 Å². The first-order valence-corrected chi connectivity index (χ1v) is 16.1. The molecule has 5 aliphatic rings. The lowest BCUT2D eigenvalue weighted by atomic mass is 9.68. The van der Waals surface area contributed by atoms with E-state index in [-0.39, 0.29) is 11.3 Å². The van der Waals surface area contributed by atoms with Crippen molar-refractivity contribution in [3.8, 4) is 12.3 Å². The van der Waals surface area contributed by atoms with Crippen LogP contribution in [0, 0.1) is 18.3 Å². The first kappa shape index (κ1) is 32.4. The Kier molecular flexibility index (Phi) is 11.2. The van der Waals surface area contributed by atoms with Crippen LogP contribution in [0.2, 0.25) is 0 Å². The van der Waals surface area contributed by atoms with E-state index in [9.17, 15) is 0 Å². The topological polar surface area (TPSA) is 12.0 Å². The van der Waals surface area contributed by atoms with E-state index in [1.54, 1.807) is 0 Å². The highest BCUT2D eigenvalue weighted by atomic mass is 14.9. The highest BCUT2D eigenvalue weighted by Crippen LogP contribution is 2.65. The Morgan fingerprint density at radius 2 is 1.89 bits per heavy atom. The van der Waals surface area contributed by atoms with Crippen molar-refractivity contribution in [1.82, 2.24) is 5.32 Å². The largest absolute Gasteiger partial charge is 0.382 e. The molecule has 1 aromatic carbocycles. The average molecular weight is 578 g/mol. The minimum Gasteiger partial charge on any atom is -0.382 e. The number of rotatable bonds is 4. The van der Waals surface area contributed by atoms with Crippen molar-refractivity contribution in [3.63, 3.8) is 0 Å². The van der Waals surface area contributed by atoms with Gasteiger partial charge in [0, 0.05) is 12.2 Å². The first-order valence-electron chi connectivity index (χ1n) is 16.1. The van der Waals surface area contributed by atoms with Gasteiger partial charge in [0.1, 0.15) is 0 Å². The Labute approximate surface area is 266 Å². The molecule has 0 saturated carbocycles. The Morgan fingerprint density at radius 3 is 2.61 bits per heavy atom. The van der Waals surface area contributed by atoms with Crippen molar-refractivity contribution in [1.29, 1.82) is 0 Å². The molecule has 0 amide bonds. The minimum absolute atomic E-state index is 0.204. The molecule has 0 aliphatic heterocycles. The average Bonchev–Trinajstić information content (AvgIpc) is 3.25. The Hall–Kier alpha value is -4.54. The SMILES string of the molecule is C#CC1C=CC=CC/C1=C/C.C=C/C=C1\C(=C/C)C2=C(C=CCC2)C12C1=CC(NCC=C)=CCC=C1c1ccccc12.CC. The normalized spacial score (nSPS) is 25.2. The van der Waals surface area contributed by atoms with E-state index in [2.05, 4.69) is 116 Å². The summed E-state index contributed by atoms with van der Waals surface area (Å²) in [7, 11) is 0. The van der Waals surface area contributed by atoms with Crippen LogP contribution in [0.25, 0.3) is 5.57 Å². The van der Waals surface area contributed by atoms with Gasteiger partial charge in [0.25, 0.3) is 0 Å². The third-order valence-corrected chi connectivity index (χ3v) is 8.75. The van der Waals surface area contributed by atoms with E-state index >= 15 is 0 Å². The maximum absolute atomic E-state index is 5.37. The monoisotopic (exact) mass is 577 g/mol. The molecule has 1 N–H and O–H groups in total. The maximum atomic E-state index is 5.37. The van der Waals surface area contributed by atoms with Crippen LogP contribution in [-0.2, 0) is 5.41 Å². The standard InChI is InChI=1S/C30H29N.C11H12.C2H6/c1-4-12-26-22(6-3)23-14-7-9-17-27(23)30(26)28-18-10-8-15-24(28)25-16-11-13-21(20-29(25)30)31-19-5-2;1-3-10-8-6-5-7-9-11(10)4-2;1-2/h4-6,8-10,12-13,15-18,20,31H,1-2,7,11,14,19H2,3H3;1,4-8,10H,9H2,2H3;1-2H3/b22-6-,26-12+;11-4-;. The van der Waals surface area contributed by atoms with Gasteiger partial charge < -0.3 is 5.32 Å². The maximum Gasteiger partial charge on any atom is 0.0722 e. The second-order valence-electron chi connectivity index (χ2n) is 10.9. The molecule has 1 spiro atoms. The minimum atomic E-state index is -0.288. The van der Waals surface area contributed by atoms with Gasteiger partial charge in [-0.25, -0.2) is 0 Å². The molecule has 0 radical (unpaired) electrons. The number of nitrogens with one attached hydrogen (secondary N) is 1. The van der Waals surface area contributed by atoms with Gasteiger partial charge in [0.15, 0.2) is 0 Å². The number of benzene rings is 1. The summed E-state index contributed by atoms with van der Waals surface area (Å²) >= 11 is 0. The number of hydrogen-bond donors (Lipinski definition) is 1. The lowest BCUT2D eigenvalue weighted by Gasteiger charge is -2.33. The van der Waals surface area contributed by atoms with Gasteiger partial charge in [0.05, 0.1) is 11.3 Å². The summed E-state index contributed by atoms with van der Waals surface area (Å²) in [5.41, 5.74) is 13.3. The predicted molar refractivity (Wildman–Crippen MR) is 193 cm³/mol. The lowest BCUT2D eigenvalue weighted by molar-refractivity contribution is 0.771. The molecule has 1 aromatic rings. The number of hydrogen-bond acceptors (Lipinski definition) is 1. The molecule has 1 nitrogen and oxygen atoms in total. The zero-order valence-electron chi connectivity index (χ0n) is 27.0. The van der Waals surface area contributed by atoms with Crippen LogP contribution in [0.4, 0.5) is 0 Å². The molecule has 2 atom stereocenters. The van der Waals surface area contributed by atoms with Gasteiger partial charge in [-0.2, -0.15) is 0 Å². The van der Waals surface area contributed by atoms with Crippen LogP contribution >= 0.6 is 0 Å². The summed E-state index contributed by atoms with van der Waals surface area (Å²) in [5, 5.41) is 3.55. The molecule has 44 heavy (non-hydrogen) atoms. The molecule has 0 saturated heterocycles. The molecule has 2 unspecified atom stereocenters. The van der Waals surface area contributed by atoms with E-state index in [0.717, 1.165) is 32.2 Å². The quantitative estimate of drug-likeness (QED) is 0.277. The molecular formula is C43H47N. The summed E-state index contributed by atoms with van der Waals surface area (Å²) in [6.07, 6.45) is 40.0. The van der Waals surface area contributed by atoms with Gasteiger partial charge in [0.2, 0.25) is 0 Å². The lowest BCUT2D eigenvalue weighted by Crippen LogP contribution is -2.28. The summed E-state index contributed by atoms with van der Waals surface area (Å²) in [5.74, 6) is 2.95. The van der Waals surface area contributed by atoms with Gasteiger partial charge in [-0.1, -0.05) is 135 Å². The van der Waals surface area contributed by atoms with Crippen molar-refractivity contribution in [3.05, 3.63) is 173 Å². The molecule has 0 aromatic heterocycles. The van der Waals surface area contributed by atoms with E-state index in [4.69, 9.17) is 6.42 Å². The van der Waals surface area contributed by atoms with Crippen molar-refractivity contribution >= 4 is 5.57 Å². The number of terminal acetylenes is 1. The summed E-state index contributed by atoms with van der Waals surface area (Å²) < 4.78 is 0. The number of fused-ring (bicyclic) bond motifs is 6. The second kappa shape index (κ2) is 15.3. The molecule has 224 valence electrons. The molecule has 0 bridgehead atoms. The highest BCUT2D eigenvalue weighted by molar-refractivity contribution is 5.98. The Bertz CT molecular complexity index is 1620. The van der Waals surface area contributed by atoms with E-state index < -0.39 is 0 Å². The predicted octanol–water partition coefficient (Wildman–Crippen LogP) is 10.8. The van der Waals surface area contributed by atoms with E-state index in [1.807, 2.05) is 45.1 Å². The fraction of sp³-hybridized carbons (Fsp3) is 0.256. The van der Waals surface area contributed by atoms with E-state index in [1.165, 1.54) is 55.8 Å². The van der Waals surface area contributed by atoms with Crippen molar-refractivity contribution in [2.24, 2.45) is 5.92 Å². The number of allylic oxidation sites excluding steroid dienone is 20. The highest BCUT2D eigenvalue weighted by Gasteiger charge is 2.55. The summed E-state index contributed by atoms with van der Waals surface area (Å²) in [6.45, 7) is 16.9. The van der Waals surface area contributed by atoms with Crippen LogP contribution in [0.15, 0.2) is 162 Å². The molecule has 1 heteroatoms. The fourth-order valence-electron chi connectivity index (χ4n) is 6.99. The molecule has 0 heterocycles. The van der Waals surface area contributed by atoms with Gasteiger partial charge in [-0.3, -0.25) is 0 Å². The first-order chi connectivity index (χ1) is 21.6. The van der Waals surface area contributed by atoms with Crippen LogP contribution in [0.1, 0.15) is 64.5 Å². The van der Waals surface area contributed by atoms with Crippen molar-refractivity contribution in [2.75, 3.05) is 6.54 Å². The molecule has 0 fully saturated rings. The van der Waals surface area contributed by atoms with Crippen LogP contribution in [-0.4, -0.2) is 6.54 Å². The van der Waals surface area contributed by atoms with Crippen LogP contribution in [0.3, 0.4) is 0 Å². The fourth-order valence-corrected chi connectivity index (χ4v) is 6.99. The van der Waals surface area contributed by atoms with Crippen molar-refractivity contribution < 1.29 is 0 Å². The summed E-state index contributed by atoms with van der Waals surface area (Å²) in [4.78, 5) is 0. The zero-order chi connectivity index (χ0) is 31.5. The molecule has 6 rings (SSSR count). The Morgan fingerprint density at radius 1 is 1.07 bits per heavy atom. The zero-order valence-corrected chi connectivity index (χ0v) is 27.0. The smallest absolute Gasteiger partial charge is 0.0722 e. The third-order valence-electron chi connectivity index (χ3n) is 8.75. The van der Waals surface area contributed by atoms with Crippen molar-refractivity contribution in [2.45, 2.75) is 58.8 Å². The molecular weight excluding hydrogens is 530 g/mol. The Balaban J connectivity index is 0.000000287. The molecule has 5 aliphatic carbocycles. The van der Waals surface area contributed by atoms with Gasteiger partial charge in [-0.15, -0.1) is 13.0 Å². The van der Waals surface area contributed by atoms with E-state index in [0.29, 0.717) is 0 Å². The van der Waals surface area contributed by atoms with Crippen LogP contribution in [0.5, 0.6) is 0 Å². The third kappa shape index (κ3) is 5.82. The van der Waals surface area contributed by atoms with Gasteiger partial charge in [-0.05, 0) is 90.2 Å². The second-order valence-corrected chi connectivity index (χ2v) is 10.9. The van der Waals surface area contributed by atoms with Crippen LogP contribution < -0.4 is 5.32 Å². The summed E-state index contributed by atoms with van der Waals surface area (Å²) in [6, 6.07) is 8.97.